The monoisotopic (exact) mass is 388 g/mol. The van der Waals surface area contributed by atoms with Crippen LogP contribution in [0.1, 0.15) is 35.7 Å². The molecule has 27 heavy (non-hydrogen) atoms. The van der Waals surface area contributed by atoms with Gasteiger partial charge in [-0.2, -0.15) is 0 Å². The number of hydrogen-bond acceptors (Lipinski definition) is 4. The lowest BCUT2D eigenvalue weighted by molar-refractivity contribution is 0.102. The van der Waals surface area contributed by atoms with Crippen LogP contribution in [0.4, 0.5) is 5.69 Å². The number of nitrogens with one attached hydrogen (secondary N) is 2. The molecule has 1 heterocycles. The molecule has 1 aliphatic rings. The van der Waals surface area contributed by atoms with Gasteiger partial charge in [0.05, 0.1) is 11.0 Å². The van der Waals surface area contributed by atoms with Gasteiger partial charge in [0.1, 0.15) is 0 Å². The van der Waals surface area contributed by atoms with Gasteiger partial charge in [0, 0.05) is 24.4 Å². The smallest absolute Gasteiger partial charge is 0.255 e. The van der Waals surface area contributed by atoms with Crippen molar-refractivity contribution in [3.63, 3.8) is 0 Å². The molecule has 2 aromatic rings. The quantitative estimate of drug-likeness (QED) is 0.764. The third kappa shape index (κ3) is 4.94. The Morgan fingerprint density at radius 1 is 1.19 bits per heavy atom. The fraction of sp³-hybridized carbons (Fsp3) is 0.350. The summed E-state index contributed by atoms with van der Waals surface area (Å²) >= 11 is 0. The third-order valence-electron chi connectivity index (χ3n) is 4.58. The van der Waals surface area contributed by atoms with Gasteiger partial charge in [0.25, 0.3) is 5.91 Å². The van der Waals surface area contributed by atoms with E-state index in [9.17, 15) is 13.2 Å². The normalized spacial score (nSPS) is 17.0. The van der Waals surface area contributed by atoms with Crippen molar-refractivity contribution in [2.24, 2.45) is 0 Å². The van der Waals surface area contributed by atoms with E-state index >= 15 is 0 Å². The molecule has 1 saturated heterocycles. The highest BCUT2D eigenvalue weighted by molar-refractivity contribution is 7.89. The predicted molar refractivity (Wildman–Crippen MR) is 104 cm³/mol. The second kappa shape index (κ2) is 8.65. The molecule has 3 rings (SSSR count). The lowest BCUT2D eigenvalue weighted by Gasteiger charge is -2.13. The summed E-state index contributed by atoms with van der Waals surface area (Å²) in [5.74, 6) is -0.341. The molecule has 0 bridgehead atoms. The van der Waals surface area contributed by atoms with Crippen molar-refractivity contribution in [1.29, 1.82) is 0 Å². The highest BCUT2D eigenvalue weighted by Crippen LogP contribution is 2.18. The number of aryl methyl sites for hydroxylation is 1. The molecule has 0 spiro atoms. The van der Waals surface area contributed by atoms with E-state index in [1.165, 1.54) is 12.1 Å². The highest BCUT2D eigenvalue weighted by atomic mass is 32.2. The molecule has 7 heteroatoms. The second-order valence-electron chi connectivity index (χ2n) is 6.48. The maximum Gasteiger partial charge on any atom is 0.255 e. The van der Waals surface area contributed by atoms with Crippen molar-refractivity contribution in [3.8, 4) is 0 Å². The fourth-order valence-corrected chi connectivity index (χ4v) is 4.15. The molecule has 1 aliphatic heterocycles. The van der Waals surface area contributed by atoms with Crippen LogP contribution in [0.2, 0.25) is 0 Å². The van der Waals surface area contributed by atoms with Gasteiger partial charge in [0.2, 0.25) is 10.0 Å². The Balaban J connectivity index is 1.73. The average Bonchev–Trinajstić information content (AvgIpc) is 3.21. The number of anilines is 1. The lowest BCUT2D eigenvalue weighted by atomic mass is 10.1. The Bertz CT molecular complexity index is 906. The number of para-hydroxylation sites is 1. The summed E-state index contributed by atoms with van der Waals surface area (Å²) < 4.78 is 33.1. The van der Waals surface area contributed by atoms with Crippen LogP contribution >= 0.6 is 0 Å². The number of sulfonamides is 1. The Hall–Kier alpha value is -2.22. The van der Waals surface area contributed by atoms with E-state index < -0.39 is 10.0 Å². The molecule has 1 fully saturated rings. The molecule has 144 valence electrons. The number of rotatable bonds is 7. The van der Waals surface area contributed by atoms with E-state index in [1.807, 2.05) is 31.2 Å². The van der Waals surface area contributed by atoms with E-state index in [0.29, 0.717) is 12.2 Å². The van der Waals surface area contributed by atoms with E-state index in [1.54, 1.807) is 12.1 Å². The first-order valence-electron chi connectivity index (χ1n) is 9.10. The SMILES string of the molecule is CCc1ccccc1NC(=O)c1cccc(S(=O)(=O)NC[C@@H]2CCCO2)c1. The molecular weight excluding hydrogens is 364 g/mol. The Labute approximate surface area is 160 Å². The first kappa shape index (κ1) is 19.5. The first-order chi connectivity index (χ1) is 13.0. The van der Waals surface area contributed by atoms with Gasteiger partial charge in [-0.1, -0.05) is 31.2 Å². The number of amides is 1. The van der Waals surface area contributed by atoms with Crippen molar-refractivity contribution in [3.05, 3.63) is 59.7 Å². The standard InChI is InChI=1S/C20H24N2O4S/c1-2-15-7-3-4-11-19(15)22-20(23)16-8-5-10-18(13-16)27(24,25)21-14-17-9-6-12-26-17/h3-5,7-8,10-11,13,17,21H,2,6,9,12,14H2,1H3,(H,22,23)/t17-/m0/s1. The van der Waals surface area contributed by atoms with Crippen LogP contribution in [0.25, 0.3) is 0 Å². The molecule has 6 nitrogen and oxygen atoms in total. The molecule has 0 unspecified atom stereocenters. The van der Waals surface area contributed by atoms with Crippen molar-refractivity contribution >= 4 is 21.6 Å². The summed E-state index contributed by atoms with van der Waals surface area (Å²) in [6.45, 7) is 2.92. The van der Waals surface area contributed by atoms with E-state index in [2.05, 4.69) is 10.0 Å². The number of carbonyl (C=O) groups excluding carboxylic acids is 1. The van der Waals surface area contributed by atoms with Crippen molar-refractivity contribution in [1.82, 2.24) is 4.72 Å². The zero-order valence-electron chi connectivity index (χ0n) is 15.3. The van der Waals surface area contributed by atoms with Crippen LogP contribution < -0.4 is 10.0 Å². The molecule has 0 aromatic heterocycles. The summed E-state index contributed by atoms with van der Waals surface area (Å²) in [5, 5.41) is 2.86. The lowest BCUT2D eigenvalue weighted by Crippen LogP contribution is -2.32. The van der Waals surface area contributed by atoms with Crippen molar-refractivity contribution < 1.29 is 17.9 Å². The first-order valence-corrected chi connectivity index (χ1v) is 10.6. The van der Waals surface area contributed by atoms with Gasteiger partial charge in [-0.05, 0) is 49.1 Å². The topological polar surface area (TPSA) is 84.5 Å². The van der Waals surface area contributed by atoms with E-state index in [-0.39, 0.29) is 23.5 Å². The number of carbonyl (C=O) groups is 1. The molecule has 1 atom stereocenters. The molecule has 0 aliphatic carbocycles. The summed E-state index contributed by atoms with van der Waals surface area (Å²) in [5.41, 5.74) is 2.04. The largest absolute Gasteiger partial charge is 0.377 e. The van der Waals surface area contributed by atoms with E-state index in [0.717, 1.165) is 30.5 Å². The Morgan fingerprint density at radius 2 is 2.00 bits per heavy atom. The van der Waals surface area contributed by atoms with E-state index in [4.69, 9.17) is 4.74 Å². The number of benzene rings is 2. The summed E-state index contributed by atoms with van der Waals surface area (Å²) in [7, 11) is -3.70. The van der Waals surface area contributed by atoms with Crippen LogP contribution in [0, 0.1) is 0 Å². The average molecular weight is 388 g/mol. The zero-order chi connectivity index (χ0) is 19.3. The van der Waals surface area contributed by atoms with Crippen LogP contribution in [-0.4, -0.2) is 33.6 Å². The molecular formula is C20H24N2O4S. The van der Waals surface area contributed by atoms with Gasteiger partial charge in [0.15, 0.2) is 0 Å². The number of ether oxygens (including phenoxy) is 1. The van der Waals surface area contributed by atoms with Gasteiger partial charge < -0.3 is 10.1 Å². The summed E-state index contributed by atoms with van der Waals surface area (Å²) in [6, 6.07) is 13.6. The van der Waals surface area contributed by atoms with Crippen LogP contribution in [0.3, 0.4) is 0 Å². The molecule has 0 radical (unpaired) electrons. The minimum atomic E-state index is -3.70. The minimum Gasteiger partial charge on any atom is -0.377 e. The molecule has 1 amide bonds. The Morgan fingerprint density at radius 3 is 2.74 bits per heavy atom. The van der Waals surface area contributed by atoms with Crippen LogP contribution in [-0.2, 0) is 21.2 Å². The van der Waals surface area contributed by atoms with Gasteiger partial charge in [-0.15, -0.1) is 0 Å². The van der Waals surface area contributed by atoms with Gasteiger partial charge >= 0.3 is 0 Å². The van der Waals surface area contributed by atoms with Crippen LogP contribution in [0.5, 0.6) is 0 Å². The molecule has 0 saturated carbocycles. The summed E-state index contributed by atoms with van der Waals surface area (Å²) in [6.07, 6.45) is 2.50. The van der Waals surface area contributed by atoms with Crippen molar-refractivity contribution in [2.45, 2.75) is 37.2 Å². The third-order valence-corrected chi connectivity index (χ3v) is 6.00. The maximum atomic E-state index is 12.6. The fourth-order valence-electron chi connectivity index (χ4n) is 3.04. The summed E-state index contributed by atoms with van der Waals surface area (Å²) in [4.78, 5) is 12.6. The molecule has 2 N–H and O–H groups in total. The predicted octanol–water partition coefficient (Wildman–Crippen LogP) is 2.96. The second-order valence-corrected chi connectivity index (χ2v) is 8.25. The number of hydrogen-bond donors (Lipinski definition) is 2. The molecule has 2 aromatic carbocycles. The van der Waals surface area contributed by atoms with Crippen molar-refractivity contribution in [2.75, 3.05) is 18.5 Å². The van der Waals surface area contributed by atoms with Gasteiger partial charge in [-0.25, -0.2) is 13.1 Å². The minimum absolute atomic E-state index is 0.0666. The van der Waals surface area contributed by atoms with Gasteiger partial charge in [-0.3, -0.25) is 4.79 Å². The Kier molecular flexibility index (Phi) is 6.26. The maximum absolute atomic E-state index is 12.6. The zero-order valence-corrected chi connectivity index (χ0v) is 16.1. The highest BCUT2D eigenvalue weighted by Gasteiger charge is 2.21. The van der Waals surface area contributed by atoms with Crippen LogP contribution in [0.15, 0.2) is 53.4 Å².